The van der Waals surface area contributed by atoms with Crippen molar-refractivity contribution in [3.05, 3.63) is 64.6 Å². The van der Waals surface area contributed by atoms with Gasteiger partial charge >= 0.3 is 0 Å². The summed E-state index contributed by atoms with van der Waals surface area (Å²) in [6, 6.07) is 13.7. The first-order chi connectivity index (χ1) is 16.5. The fraction of sp³-hybridized carbons (Fsp3) is 0.360. The Labute approximate surface area is 197 Å². The molecular formula is C25H29N5O4. The molecule has 0 spiro atoms. The lowest BCUT2D eigenvalue weighted by Gasteiger charge is -2.34. The Morgan fingerprint density at radius 3 is 2.32 bits per heavy atom. The Morgan fingerprint density at radius 1 is 1.00 bits per heavy atom. The van der Waals surface area contributed by atoms with E-state index in [0.29, 0.717) is 35.3 Å². The zero-order valence-corrected chi connectivity index (χ0v) is 19.5. The average molecular weight is 464 g/mol. The molecule has 9 nitrogen and oxygen atoms in total. The second kappa shape index (κ2) is 10.5. The number of methoxy groups -OCH3 is 1. The molecule has 0 saturated carbocycles. The summed E-state index contributed by atoms with van der Waals surface area (Å²) in [7, 11) is 1.56. The summed E-state index contributed by atoms with van der Waals surface area (Å²) >= 11 is 0. The molecule has 1 saturated heterocycles. The van der Waals surface area contributed by atoms with Crippen molar-refractivity contribution in [2.75, 3.05) is 46.4 Å². The number of fused-ring (bicyclic) bond motifs is 1. The monoisotopic (exact) mass is 463 g/mol. The van der Waals surface area contributed by atoms with Gasteiger partial charge in [0, 0.05) is 31.6 Å². The maximum atomic E-state index is 13.1. The van der Waals surface area contributed by atoms with Gasteiger partial charge in [-0.05, 0) is 43.3 Å². The fourth-order valence-electron chi connectivity index (χ4n) is 4.14. The maximum Gasteiger partial charge on any atom is 0.279 e. The second-order valence-electron chi connectivity index (χ2n) is 8.21. The van der Waals surface area contributed by atoms with Crippen LogP contribution in [0.2, 0.25) is 0 Å². The second-order valence-corrected chi connectivity index (χ2v) is 8.21. The third-order valence-electron chi connectivity index (χ3n) is 6.00. The molecule has 2 heterocycles. The molecule has 178 valence electrons. The summed E-state index contributed by atoms with van der Waals surface area (Å²) in [4.78, 5) is 42.9. The van der Waals surface area contributed by atoms with Crippen molar-refractivity contribution in [1.29, 1.82) is 0 Å². The van der Waals surface area contributed by atoms with E-state index >= 15 is 0 Å². The molecule has 0 radical (unpaired) electrons. The fourth-order valence-corrected chi connectivity index (χ4v) is 4.14. The number of ether oxygens (including phenoxy) is 1. The van der Waals surface area contributed by atoms with Crippen molar-refractivity contribution in [2.24, 2.45) is 0 Å². The molecule has 1 aliphatic rings. The Morgan fingerprint density at radius 2 is 1.68 bits per heavy atom. The van der Waals surface area contributed by atoms with Crippen molar-refractivity contribution in [3.8, 4) is 11.4 Å². The number of piperazine rings is 1. The van der Waals surface area contributed by atoms with Crippen molar-refractivity contribution in [1.82, 2.24) is 24.9 Å². The molecule has 34 heavy (non-hydrogen) atoms. The van der Waals surface area contributed by atoms with Crippen LogP contribution >= 0.6 is 0 Å². The summed E-state index contributed by atoms with van der Waals surface area (Å²) in [5.74, 6) is 0.0123. The number of benzene rings is 2. The predicted molar refractivity (Wildman–Crippen MR) is 130 cm³/mol. The standard InChI is InChI=1S/C25H29N5O4/c1-3-12-28-13-15-29(16-14-28)22(31)17-26-24(32)23-20-6-4-5-7-21(20)25(33)30(27-23)18-8-10-19(34-2)11-9-18/h4-11H,3,12-17H2,1-2H3,(H,26,32). The van der Waals surface area contributed by atoms with Crippen LogP contribution in [0.15, 0.2) is 53.3 Å². The summed E-state index contributed by atoms with van der Waals surface area (Å²) < 4.78 is 6.38. The third-order valence-corrected chi connectivity index (χ3v) is 6.00. The Balaban J connectivity index is 1.55. The van der Waals surface area contributed by atoms with Crippen LogP contribution in [0, 0.1) is 0 Å². The summed E-state index contributed by atoms with van der Waals surface area (Å²) in [6.45, 7) is 6.03. The molecule has 2 aromatic carbocycles. The van der Waals surface area contributed by atoms with Crippen molar-refractivity contribution in [3.63, 3.8) is 0 Å². The van der Waals surface area contributed by atoms with Crippen molar-refractivity contribution in [2.45, 2.75) is 13.3 Å². The molecule has 1 aliphatic heterocycles. The van der Waals surface area contributed by atoms with Gasteiger partial charge in [-0.2, -0.15) is 9.78 Å². The highest BCUT2D eigenvalue weighted by Crippen LogP contribution is 2.17. The number of hydrogen-bond acceptors (Lipinski definition) is 6. The molecule has 9 heteroatoms. The van der Waals surface area contributed by atoms with Crippen LogP contribution in [0.25, 0.3) is 16.5 Å². The molecule has 0 atom stereocenters. The molecule has 4 rings (SSSR count). The van der Waals surface area contributed by atoms with E-state index < -0.39 is 5.91 Å². The lowest BCUT2D eigenvalue weighted by molar-refractivity contribution is -0.131. The molecule has 0 aliphatic carbocycles. The topological polar surface area (TPSA) is 96.8 Å². The Bertz CT molecular complexity index is 1230. The molecule has 3 aromatic rings. The van der Waals surface area contributed by atoms with Gasteiger partial charge in [0.15, 0.2) is 5.69 Å². The van der Waals surface area contributed by atoms with Crippen LogP contribution in [0.5, 0.6) is 5.75 Å². The number of nitrogens with zero attached hydrogens (tertiary/aromatic N) is 4. The maximum absolute atomic E-state index is 13.1. The summed E-state index contributed by atoms with van der Waals surface area (Å²) in [6.07, 6.45) is 1.09. The highest BCUT2D eigenvalue weighted by molar-refractivity contribution is 6.05. The highest BCUT2D eigenvalue weighted by Gasteiger charge is 2.22. The van der Waals surface area contributed by atoms with E-state index in [4.69, 9.17) is 4.74 Å². The van der Waals surface area contributed by atoms with Gasteiger partial charge in [0.05, 0.1) is 24.7 Å². The van der Waals surface area contributed by atoms with Crippen LogP contribution in [-0.2, 0) is 4.79 Å². The van der Waals surface area contributed by atoms with Crippen LogP contribution in [-0.4, -0.2) is 77.8 Å². The summed E-state index contributed by atoms with van der Waals surface area (Å²) in [5.41, 5.74) is 0.261. The van der Waals surface area contributed by atoms with Gasteiger partial charge in [0.1, 0.15) is 5.75 Å². The lowest BCUT2D eigenvalue weighted by atomic mass is 10.1. The summed E-state index contributed by atoms with van der Waals surface area (Å²) in [5, 5.41) is 7.88. The van der Waals surface area contributed by atoms with Gasteiger partial charge in [0.25, 0.3) is 11.5 Å². The van der Waals surface area contributed by atoms with Crippen molar-refractivity contribution < 1.29 is 14.3 Å². The molecule has 1 fully saturated rings. The number of carbonyl (C=O) groups excluding carboxylic acids is 2. The first kappa shape index (κ1) is 23.4. The van der Waals surface area contributed by atoms with Gasteiger partial charge in [-0.25, -0.2) is 0 Å². The first-order valence-corrected chi connectivity index (χ1v) is 11.5. The number of nitrogens with one attached hydrogen (secondary N) is 1. The number of carbonyl (C=O) groups is 2. The van der Waals surface area contributed by atoms with E-state index in [1.54, 1.807) is 60.5 Å². The minimum atomic E-state index is -0.503. The SMILES string of the molecule is CCCN1CCN(C(=O)CNC(=O)c2nn(-c3ccc(OC)cc3)c(=O)c3ccccc23)CC1. The van der Waals surface area contributed by atoms with E-state index in [1.165, 1.54) is 4.68 Å². The van der Waals surface area contributed by atoms with Gasteiger partial charge in [-0.1, -0.05) is 25.1 Å². The van der Waals surface area contributed by atoms with Crippen LogP contribution in [0.4, 0.5) is 0 Å². The lowest BCUT2D eigenvalue weighted by Crippen LogP contribution is -2.51. The molecule has 0 bridgehead atoms. The quantitative estimate of drug-likeness (QED) is 0.573. The molecule has 2 amide bonds. The van der Waals surface area contributed by atoms with Gasteiger partial charge in [0.2, 0.25) is 5.91 Å². The molecule has 1 N–H and O–H groups in total. The number of hydrogen-bond donors (Lipinski definition) is 1. The largest absolute Gasteiger partial charge is 0.497 e. The number of rotatable bonds is 7. The Kier molecular flexibility index (Phi) is 7.22. The van der Waals surface area contributed by atoms with Gasteiger partial charge < -0.3 is 15.0 Å². The highest BCUT2D eigenvalue weighted by atomic mass is 16.5. The van der Waals surface area contributed by atoms with Crippen LogP contribution < -0.4 is 15.6 Å². The zero-order chi connectivity index (χ0) is 24.1. The molecule has 0 unspecified atom stereocenters. The van der Waals surface area contributed by atoms with Crippen LogP contribution in [0.1, 0.15) is 23.8 Å². The zero-order valence-electron chi connectivity index (χ0n) is 19.5. The normalized spacial score (nSPS) is 14.2. The minimum absolute atomic E-state index is 0.0894. The van der Waals surface area contributed by atoms with E-state index in [1.807, 2.05) is 0 Å². The van der Waals surface area contributed by atoms with Gasteiger partial charge in [-0.15, -0.1) is 0 Å². The molecule has 1 aromatic heterocycles. The predicted octanol–water partition coefficient (Wildman–Crippen LogP) is 1.68. The average Bonchev–Trinajstić information content (AvgIpc) is 2.88. The third kappa shape index (κ3) is 4.94. The van der Waals surface area contributed by atoms with Gasteiger partial charge in [-0.3, -0.25) is 19.3 Å². The molecular weight excluding hydrogens is 434 g/mol. The van der Waals surface area contributed by atoms with E-state index in [0.717, 1.165) is 26.1 Å². The van der Waals surface area contributed by atoms with Crippen molar-refractivity contribution >= 4 is 22.6 Å². The minimum Gasteiger partial charge on any atom is -0.497 e. The van der Waals surface area contributed by atoms with E-state index in [2.05, 4.69) is 22.2 Å². The first-order valence-electron chi connectivity index (χ1n) is 11.5. The number of aromatic nitrogens is 2. The smallest absolute Gasteiger partial charge is 0.279 e. The number of amides is 2. The van der Waals surface area contributed by atoms with E-state index in [9.17, 15) is 14.4 Å². The van der Waals surface area contributed by atoms with E-state index in [-0.39, 0.29) is 23.7 Å². The Hall–Kier alpha value is -3.72. The van der Waals surface area contributed by atoms with Crippen LogP contribution in [0.3, 0.4) is 0 Å².